The summed E-state index contributed by atoms with van der Waals surface area (Å²) in [5.41, 5.74) is -1.66. The Balaban J connectivity index is 0.00000324. The van der Waals surface area contributed by atoms with Crippen LogP contribution in [-0.2, 0) is 6.18 Å². The number of hydrogen-bond donors (Lipinski definition) is 2. The molecule has 0 fully saturated rings. The van der Waals surface area contributed by atoms with Crippen LogP contribution in [-0.4, -0.2) is 26.0 Å². The molecule has 0 aliphatic carbocycles. The first-order valence-corrected chi connectivity index (χ1v) is 5.16. The molecule has 1 rings (SSSR count). The van der Waals surface area contributed by atoms with Crippen LogP contribution < -0.4 is 10.6 Å². The Bertz CT molecular complexity index is 437. The van der Waals surface area contributed by atoms with Crippen molar-refractivity contribution < 1.29 is 22.4 Å². The molecule has 3 nitrogen and oxygen atoms in total. The lowest BCUT2D eigenvalue weighted by atomic mass is 10.1. The highest BCUT2D eigenvalue weighted by Gasteiger charge is 2.31. The normalized spacial score (nSPS) is 10.8. The van der Waals surface area contributed by atoms with Crippen LogP contribution in [0.3, 0.4) is 0 Å². The molecule has 0 unspecified atom stereocenters. The minimum absolute atomic E-state index is 0. The van der Waals surface area contributed by atoms with Crippen LogP contribution in [0.2, 0.25) is 0 Å². The maximum atomic E-state index is 13.3. The van der Waals surface area contributed by atoms with Crippen molar-refractivity contribution in [2.24, 2.45) is 0 Å². The van der Waals surface area contributed by atoms with Crippen LogP contribution >= 0.6 is 12.4 Å². The average molecular weight is 301 g/mol. The fourth-order valence-corrected chi connectivity index (χ4v) is 1.27. The molecule has 8 heteroatoms. The molecule has 108 valence electrons. The maximum Gasteiger partial charge on any atom is 0.416 e. The van der Waals surface area contributed by atoms with Crippen LogP contribution in [0, 0.1) is 5.82 Å². The van der Waals surface area contributed by atoms with E-state index in [0.717, 1.165) is 0 Å². The van der Waals surface area contributed by atoms with Gasteiger partial charge < -0.3 is 10.6 Å². The molecular weight excluding hydrogens is 288 g/mol. The summed E-state index contributed by atoms with van der Waals surface area (Å²) in [6.07, 6.45) is -4.60. The molecule has 0 spiro atoms. The number of alkyl halides is 3. The van der Waals surface area contributed by atoms with Crippen molar-refractivity contribution in [3.8, 4) is 0 Å². The number of likely N-dealkylation sites (N-methyl/N-ethyl adjacent to an activating group) is 1. The molecule has 2 N–H and O–H groups in total. The zero-order valence-electron chi connectivity index (χ0n) is 9.97. The van der Waals surface area contributed by atoms with Gasteiger partial charge in [0, 0.05) is 13.1 Å². The van der Waals surface area contributed by atoms with E-state index in [-0.39, 0.29) is 19.0 Å². The molecule has 0 saturated heterocycles. The van der Waals surface area contributed by atoms with Gasteiger partial charge in [-0.1, -0.05) is 0 Å². The zero-order valence-corrected chi connectivity index (χ0v) is 10.8. The fourth-order valence-electron chi connectivity index (χ4n) is 1.27. The van der Waals surface area contributed by atoms with Gasteiger partial charge in [-0.25, -0.2) is 4.39 Å². The fraction of sp³-hybridized carbons (Fsp3) is 0.364. The number of halogens is 5. The lowest BCUT2D eigenvalue weighted by molar-refractivity contribution is -0.137. The summed E-state index contributed by atoms with van der Waals surface area (Å²) in [4.78, 5) is 11.5. The van der Waals surface area contributed by atoms with E-state index in [1.54, 1.807) is 7.05 Å². The van der Waals surface area contributed by atoms with Crippen molar-refractivity contribution in [1.82, 2.24) is 10.6 Å². The quantitative estimate of drug-likeness (QED) is 0.661. The van der Waals surface area contributed by atoms with Gasteiger partial charge in [0.1, 0.15) is 5.82 Å². The van der Waals surface area contributed by atoms with E-state index >= 15 is 0 Å². The molecule has 0 radical (unpaired) electrons. The molecule has 0 aliphatic heterocycles. The number of rotatable bonds is 4. The SMILES string of the molecule is CNCCNC(=O)c1cc(C(F)(F)F)ccc1F.Cl. The first-order chi connectivity index (χ1) is 8.36. The van der Waals surface area contributed by atoms with E-state index in [9.17, 15) is 22.4 Å². The predicted molar refractivity (Wildman–Crippen MR) is 64.9 cm³/mol. The maximum absolute atomic E-state index is 13.3. The van der Waals surface area contributed by atoms with E-state index < -0.39 is 29.0 Å². The first-order valence-electron chi connectivity index (χ1n) is 5.16. The molecular formula is C11H13ClF4N2O. The van der Waals surface area contributed by atoms with Crippen molar-refractivity contribution in [1.29, 1.82) is 0 Å². The third kappa shape index (κ3) is 5.04. The zero-order chi connectivity index (χ0) is 13.8. The van der Waals surface area contributed by atoms with Gasteiger partial charge in [-0.15, -0.1) is 12.4 Å². The van der Waals surface area contributed by atoms with Gasteiger partial charge in [0.15, 0.2) is 0 Å². The van der Waals surface area contributed by atoms with Crippen LogP contribution in [0.25, 0.3) is 0 Å². The second-order valence-electron chi connectivity index (χ2n) is 3.55. The minimum atomic E-state index is -4.60. The van der Waals surface area contributed by atoms with Crippen molar-refractivity contribution in [3.05, 3.63) is 35.1 Å². The van der Waals surface area contributed by atoms with Crippen LogP contribution in [0.4, 0.5) is 17.6 Å². The molecule has 0 heterocycles. The number of benzene rings is 1. The van der Waals surface area contributed by atoms with Crippen LogP contribution in [0.5, 0.6) is 0 Å². The Kier molecular flexibility index (Phi) is 6.78. The van der Waals surface area contributed by atoms with Crippen LogP contribution in [0.15, 0.2) is 18.2 Å². The van der Waals surface area contributed by atoms with Crippen molar-refractivity contribution in [3.63, 3.8) is 0 Å². The van der Waals surface area contributed by atoms with Gasteiger partial charge in [0.2, 0.25) is 0 Å². The summed E-state index contributed by atoms with van der Waals surface area (Å²) in [6, 6.07) is 1.74. The van der Waals surface area contributed by atoms with Crippen molar-refractivity contribution in [2.75, 3.05) is 20.1 Å². The van der Waals surface area contributed by atoms with Gasteiger partial charge in [-0.05, 0) is 25.2 Å². The molecule has 0 aromatic heterocycles. The Morgan fingerprint density at radius 2 is 1.89 bits per heavy atom. The van der Waals surface area contributed by atoms with Gasteiger partial charge >= 0.3 is 6.18 Å². The molecule has 1 aromatic carbocycles. The summed E-state index contributed by atoms with van der Waals surface area (Å²) >= 11 is 0. The third-order valence-electron chi connectivity index (χ3n) is 2.20. The van der Waals surface area contributed by atoms with Crippen molar-refractivity contribution >= 4 is 18.3 Å². The number of carbonyl (C=O) groups excluding carboxylic acids is 1. The molecule has 1 aromatic rings. The predicted octanol–water partition coefficient (Wildman–Crippen LogP) is 2.22. The average Bonchev–Trinajstić information content (AvgIpc) is 2.28. The van der Waals surface area contributed by atoms with Crippen LogP contribution in [0.1, 0.15) is 15.9 Å². The second-order valence-corrected chi connectivity index (χ2v) is 3.55. The van der Waals surface area contributed by atoms with E-state index in [1.807, 2.05) is 0 Å². The number of nitrogens with one attached hydrogen (secondary N) is 2. The van der Waals surface area contributed by atoms with E-state index in [1.165, 1.54) is 0 Å². The monoisotopic (exact) mass is 300 g/mol. The van der Waals surface area contributed by atoms with E-state index in [4.69, 9.17) is 0 Å². The molecule has 0 atom stereocenters. The number of amides is 1. The summed E-state index contributed by atoms with van der Waals surface area (Å²) in [5, 5.41) is 5.05. The molecule has 0 bridgehead atoms. The molecule has 0 aliphatic rings. The van der Waals surface area contributed by atoms with E-state index in [2.05, 4.69) is 10.6 Å². The lowest BCUT2D eigenvalue weighted by Gasteiger charge is -2.10. The highest BCUT2D eigenvalue weighted by molar-refractivity contribution is 5.94. The number of hydrogen-bond acceptors (Lipinski definition) is 2. The Hall–Kier alpha value is -1.34. The van der Waals surface area contributed by atoms with Gasteiger partial charge in [-0.2, -0.15) is 13.2 Å². The Labute approximate surface area is 113 Å². The van der Waals surface area contributed by atoms with Crippen molar-refractivity contribution in [2.45, 2.75) is 6.18 Å². The topological polar surface area (TPSA) is 41.1 Å². The highest BCUT2D eigenvalue weighted by Crippen LogP contribution is 2.30. The summed E-state index contributed by atoms with van der Waals surface area (Å²) in [7, 11) is 1.65. The van der Waals surface area contributed by atoms with Gasteiger partial charge in [0.05, 0.1) is 11.1 Å². The minimum Gasteiger partial charge on any atom is -0.351 e. The summed E-state index contributed by atoms with van der Waals surface area (Å²) in [6.45, 7) is 0.636. The lowest BCUT2D eigenvalue weighted by Crippen LogP contribution is -2.31. The van der Waals surface area contributed by atoms with Gasteiger partial charge in [-0.3, -0.25) is 4.79 Å². The number of carbonyl (C=O) groups is 1. The standard InChI is InChI=1S/C11H12F4N2O.ClH/c1-16-4-5-17-10(18)8-6-7(11(13,14)15)2-3-9(8)12;/h2-3,6,16H,4-5H2,1H3,(H,17,18);1H. The molecule has 0 saturated carbocycles. The Morgan fingerprint density at radius 3 is 2.42 bits per heavy atom. The van der Waals surface area contributed by atoms with E-state index in [0.29, 0.717) is 24.7 Å². The largest absolute Gasteiger partial charge is 0.416 e. The second kappa shape index (κ2) is 7.30. The summed E-state index contributed by atoms with van der Waals surface area (Å²) < 4.78 is 50.5. The first kappa shape index (κ1) is 17.7. The Morgan fingerprint density at radius 1 is 1.26 bits per heavy atom. The molecule has 19 heavy (non-hydrogen) atoms. The third-order valence-corrected chi connectivity index (χ3v) is 2.20. The highest BCUT2D eigenvalue weighted by atomic mass is 35.5. The van der Waals surface area contributed by atoms with Gasteiger partial charge in [0.25, 0.3) is 5.91 Å². The molecule has 1 amide bonds. The smallest absolute Gasteiger partial charge is 0.351 e. The summed E-state index contributed by atoms with van der Waals surface area (Å²) in [5.74, 6) is -1.85.